The predicted molar refractivity (Wildman–Crippen MR) is 123 cm³/mol. The molecule has 2 aromatic rings. The largest absolute Gasteiger partial charge is 0.475 e. The lowest BCUT2D eigenvalue weighted by Crippen LogP contribution is -2.41. The SMILES string of the molecule is CC(C)(C)[Si](C)(C)OCCOc1cc(I)ccn1.Fc1cc(I)ccn1. The quantitative estimate of drug-likeness (QED) is 0.185. The summed E-state index contributed by atoms with van der Waals surface area (Å²) in [6, 6.07) is 6.98. The van der Waals surface area contributed by atoms with Gasteiger partial charge in [0.15, 0.2) is 8.32 Å². The van der Waals surface area contributed by atoms with Crippen molar-refractivity contribution in [3.05, 3.63) is 49.7 Å². The number of rotatable bonds is 5. The Balaban J connectivity index is 0.000000350. The Hall–Kier alpha value is -0.333. The Morgan fingerprint density at radius 1 is 1.00 bits per heavy atom. The molecule has 0 bridgehead atoms. The molecular weight excluding hydrogens is 577 g/mol. The lowest BCUT2D eigenvalue weighted by atomic mass is 10.2. The maximum Gasteiger partial charge on any atom is 0.214 e. The van der Waals surface area contributed by atoms with Crippen LogP contribution in [0.25, 0.3) is 0 Å². The second kappa shape index (κ2) is 10.9. The Kier molecular flexibility index (Phi) is 9.90. The molecule has 0 atom stereocenters. The summed E-state index contributed by atoms with van der Waals surface area (Å²) in [4.78, 5) is 7.52. The van der Waals surface area contributed by atoms with Gasteiger partial charge >= 0.3 is 0 Å². The average Bonchev–Trinajstić information content (AvgIpc) is 2.51. The van der Waals surface area contributed by atoms with Gasteiger partial charge in [0.05, 0.1) is 6.61 Å². The Labute approximate surface area is 183 Å². The van der Waals surface area contributed by atoms with Crippen molar-refractivity contribution >= 4 is 53.5 Å². The van der Waals surface area contributed by atoms with Crippen LogP contribution in [-0.2, 0) is 4.43 Å². The van der Waals surface area contributed by atoms with Crippen molar-refractivity contribution < 1.29 is 13.6 Å². The van der Waals surface area contributed by atoms with Crippen LogP contribution in [0.5, 0.6) is 5.88 Å². The molecule has 0 aliphatic heterocycles. The Morgan fingerprint density at radius 3 is 2.04 bits per heavy atom. The number of nitrogens with zero attached hydrogens (tertiary/aromatic N) is 2. The third kappa shape index (κ3) is 9.04. The highest BCUT2D eigenvalue weighted by Crippen LogP contribution is 2.36. The van der Waals surface area contributed by atoms with Gasteiger partial charge in [-0.3, -0.25) is 0 Å². The molecule has 0 spiro atoms. The number of pyridine rings is 2. The van der Waals surface area contributed by atoms with E-state index in [1.165, 1.54) is 12.3 Å². The van der Waals surface area contributed by atoms with E-state index in [4.69, 9.17) is 9.16 Å². The fourth-order valence-electron chi connectivity index (χ4n) is 1.50. The van der Waals surface area contributed by atoms with Gasteiger partial charge in [-0.2, -0.15) is 4.39 Å². The second-order valence-corrected chi connectivity index (χ2v) is 14.4. The van der Waals surface area contributed by atoms with E-state index in [0.29, 0.717) is 19.1 Å². The van der Waals surface area contributed by atoms with Crippen LogP contribution >= 0.6 is 45.2 Å². The van der Waals surface area contributed by atoms with Gasteiger partial charge in [-0.05, 0) is 75.4 Å². The van der Waals surface area contributed by atoms with Gasteiger partial charge in [-0.1, -0.05) is 20.8 Å². The summed E-state index contributed by atoms with van der Waals surface area (Å²) in [6.45, 7) is 12.4. The molecule has 0 unspecified atom stereocenters. The van der Waals surface area contributed by atoms with Gasteiger partial charge in [0.25, 0.3) is 0 Å². The van der Waals surface area contributed by atoms with E-state index >= 15 is 0 Å². The summed E-state index contributed by atoms with van der Waals surface area (Å²) in [5.74, 6) is 0.248. The lowest BCUT2D eigenvalue weighted by Gasteiger charge is -2.36. The zero-order valence-electron chi connectivity index (χ0n) is 15.7. The maximum absolute atomic E-state index is 12.1. The third-order valence-electron chi connectivity index (χ3n) is 3.99. The topological polar surface area (TPSA) is 44.2 Å². The fraction of sp³-hybridized carbons (Fsp3) is 0.444. The molecule has 0 amide bonds. The van der Waals surface area contributed by atoms with Gasteiger partial charge in [0.2, 0.25) is 11.8 Å². The minimum atomic E-state index is -1.66. The lowest BCUT2D eigenvalue weighted by molar-refractivity contribution is 0.199. The molecule has 0 saturated heterocycles. The number of ether oxygens (including phenoxy) is 1. The summed E-state index contributed by atoms with van der Waals surface area (Å²) in [5, 5.41) is 0.243. The molecule has 0 aromatic carbocycles. The highest BCUT2D eigenvalue weighted by atomic mass is 127. The third-order valence-corrected chi connectivity index (χ3v) is 9.87. The summed E-state index contributed by atoms with van der Waals surface area (Å²) in [5.41, 5.74) is 0. The summed E-state index contributed by atoms with van der Waals surface area (Å²) < 4.78 is 25.7. The van der Waals surface area contributed by atoms with Gasteiger partial charge in [-0.15, -0.1) is 0 Å². The van der Waals surface area contributed by atoms with E-state index < -0.39 is 14.3 Å². The predicted octanol–water partition coefficient (Wildman–Crippen LogP) is 5.91. The Morgan fingerprint density at radius 2 is 1.58 bits per heavy atom. The fourth-order valence-corrected chi connectivity index (χ4v) is 3.37. The first-order chi connectivity index (χ1) is 12.0. The normalized spacial score (nSPS) is 11.5. The average molecular weight is 602 g/mol. The molecule has 0 aliphatic rings. The molecular formula is C18H25FI2N2O2Si. The maximum atomic E-state index is 12.1. The highest BCUT2D eigenvalue weighted by molar-refractivity contribution is 14.1. The smallest absolute Gasteiger partial charge is 0.214 e. The minimum absolute atomic E-state index is 0.243. The van der Waals surface area contributed by atoms with E-state index in [-0.39, 0.29) is 5.04 Å². The molecule has 2 heterocycles. The van der Waals surface area contributed by atoms with E-state index in [9.17, 15) is 4.39 Å². The van der Waals surface area contributed by atoms with Crippen LogP contribution in [0.1, 0.15) is 20.8 Å². The van der Waals surface area contributed by atoms with Crippen molar-refractivity contribution in [1.29, 1.82) is 0 Å². The number of halogens is 3. The first-order valence-corrected chi connectivity index (χ1v) is 13.2. The molecule has 8 heteroatoms. The molecule has 4 nitrogen and oxygen atoms in total. The number of aromatic nitrogens is 2. The van der Waals surface area contributed by atoms with Crippen LogP contribution in [0.15, 0.2) is 36.7 Å². The minimum Gasteiger partial charge on any atom is -0.475 e. The van der Waals surface area contributed by atoms with Crippen LogP contribution in [0.2, 0.25) is 18.1 Å². The molecule has 0 N–H and O–H groups in total. The van der Waals surface area contributed by atoms with Gasteiger partial charge in [-0.25, -0.2) is 9.97 Å². The van der Waals surface area contributed by atoms with E-state index in [0.717, 1.165) is 7.14 Å². The van der Waals surface area contributed by atoms with Gasteiger partial charge < -0.3 is 9.16 Å². The monoisotopic (exact) mass is 602 g/mol. The molecule has 2 aromatic heterocycles. The zero-order valence-corrected chi connectivity index (χ0v) is 21.0. The first kappa shape index (κ1) is 23.7. The van der Waals surface area contributed by atoms with E-state index in [1.807, 2.05) is 34.7 Å². The summed E-state index contributed by atoms with van der Waals surface area (Å²) in [6.07, 6.45) is 3.20. The van der Waals surface area contributed by atoms with Crippen molar-refractivity contribution in [2.75, 3.05) is 13.2 Å². The van der Waals surface area contributed by atoms with Crippen molar-refractivity contribution in [2.24, 2.45) is 0 Å². The molecule has 26 heavy (non-hydrogen) atoms. The standard InChI is InChI=1S/C13H22INO2Si.C5H3FIN/c1-13(2,3)18(4,5)17-9-8-16-12-10-11(14)6-7-15-12;6-5-3-4(7)1-2-8-5/h6-7,10H,8-9H2,1-5H3;1-3H. The second-order valence-electron chi connectivity index (χ2n) is 7.07. The molecule has 144 valence electrons. The Bertz CT molecular complexity index is 680. The molecule has 0 fully saturated rings. The van der Waals surface area contributed by atoms with Crippen molar-refractivity contribution in [2.45, 2.75) is 38.9 Å². The van der Waals surface area contributed by atoms with Crippen molar-refractivity contribution in [1.82, 2.24) is 9.97 Å². The first-order valence-electron chi connectivity index (χ1n) is 8.16. The van der Waals surface area contributed by atoms with Gasteiger partial charge in [0.1, 0.15) is 6.61 Å². The molecule has 0 aliphatic carbocycles. The zero-order chi connectivity index (χ0) is 19.8. The van der Waals surface area contributed by atoms with Crippen molar-refractivity contribution in [3.63, 3.8) is 0 Å². The van der Waals surface area contributed by atoms with E-state index in [2.05, 4.69) is 66.4 Å². The van der Waals surface area contributed by atoms with Gasteiger partial charge in [0, 0.05) is 31.7 Å². The highest BCUT2D eigenvalue weighted by Gasteiger charge is 2.36. The molecule has 0 radical (unpaired) electrons. The number of hydrogen-bond donors (Lipinski definition) is 0. The van der Waals surface area contributed by atoms with Crippen LogP contribution in [0, 0.1) is 13.1 Å². The molecule has 0 saturated carbocycles. The molecule has 2 rings (SSSR count). The van der Waals surface area contributed by atoms with E-state index in [1.54, 1.807) is 12.3 Å². The van der Waals surface area contributed by atoms with Crippen molar-refractivity contribution in [3.8, 4) is 5.88 Å². The number of hydrogen-bond acceptors (Lipinski definition) is 4. The summed E-state index contributed by atoms with van der Waals surface area (Å²) in [7, 11) is -1.66. The summed E-state index contributed by atoms with van der Waals surface area (Å²) >= 11 is 4.27. The van der Waals surface area contributed by atoms with Crippen LogP contribution < -0.4 is 4.74 Å². The van der Waals surface area contributed by atoms with Crippen LogP contribution in [-0.4, -0.2) is 31.5 Å². The van der Waals surface area contributed by atoms with Crippen LogP contribution in [0.4, 0.5) is 4.39 Å². The van der Waals surface area contributed by atoms with Crippen LogP contribution in [0.3, 0.4) is 0 Å².